The second-order valence-electron chi connectivity index (χ2n) is 9.45. The first-order chi connectivity index (χ1) is 15.2. The number of nitrogens with zero attached hydrogens (tertiary/aromatic N) is 1. The van der Waals surface area contributed by atoms with Crippen molar-refractivity contribution in [3.05, 3.63) is 77.9 Å². The van der Waals surface area contributed by atoms with Gasteiger partial charge in [0, 0.05) is 13.1 Å². The Kier molecular flexibility index (Phi) is 6.10. The van der Waals surface area contributed by atoms with Crippen molar-refractivity contribution in [2.45, 2.75) is 56.5 Å². The summed E-state index contributed by atoms with van der Waals surface area (Å²) in [5.41, 5.74) is 2.30. The highest BCUT2D eigenvalue weighted by atomic mass is 32.2. The Balaban J connectivity index is 1.47. The van der Waals surface area contributed by atoms with Crippen molar-refractivity contribution in [3.63, 3.8) is 0 Å². The molecular weight excluding hydrogens is 420 g/mol. The first-order valence-electron chi connectivity index (χ1n) is 11.0. The van der Waals surface area contributed by atoms with Crippen molar-refractivity contribution < 1.29 is 13.2 Å². The highest BCUT2D eigenvalue weighted by molar-refractivity contribution is 7.89. The van der Waals surface area contributed by atoms with Crippen molar-refractivity contribution >= 4 is 26.7 Å². The zero-order valence-electron chi connectivity index (χ0n) is 18.8. The van der Waals surface area contributed by atoms with Crippen LogP contribution in [-0.2, 0) is 26.8 Å². The number of carbonyl (C=O) groups is 1. The van der Waals surface area contributed by atoms with E-state index in [1.807, 2.05) is 42.5 Å². The molecule has 0 aromatic heterocycles. The molecule has 3 aromatic rings. The van der Waals surface area contributed by atoms with Gasteiger partial charge in [0.1, 0.15) is 6.04 Å². The molecular formula is C26H30N2O3S. The second-order valence-corrected chi connectivity index (χ2v) is 11.3. The van der Waals surface area contributed by atoms with Gasteiger partial charge >= 0.3 is 0 Å². The predicted molar refractivity (Wildman–Crippen MR) is 128 cm³/mol. The largest absolute Gasteiger partial charge is 0.351 e. The molecule has 0 spiro atoms. The van der Waals surface area contributed by atoms with Crippen LogP contribution in [0.3, 0.4) is 0 Å². The fourth-order valence-electron chi connectivity index (χ4n) is 4.18. The Morgan fingerprint density at radius 1 is 1.00 bits per heavy atom. The zero-order chi connectivity index (χ0) is 22.9. The number of sulfonamides is 1. The van der Waals surface area contributed by atoms with Crippen LogP contribution in [0, 0.1) is 0 Å². The minimum absolute atomic E-state index is 0.0727. The number of hydrogen-bond acceptors (Lipinski definition) is 3. The number of amides is 1. The first kappa shape index (κ1) is 22.5. The number of hydrogen-bond donors (Lipinski definition) is 1. The smallest absolute Gasteiger partial charge is 0.243 e. The van der Waals surface area contributed by atoms with Crippen LogP contribution in [-0.4, -0.2) is 31.2 Å². The van der Waals surface area contributed by atoms with E-state index in [4.69, 9.17) is 0 Å². The van der Waals surface area contributed by atoms with E-state index in [1.165, 1.54) is 9.87 Å². The molecule has 0 radical (unpaired) electrons. The van der Waals surface area contributed by atoms with Crippen LogP contribution >= 0.6 is 0 Å². The molecule has 4 rings (SSSR count). The maximum Gasteiger partial charge on any atom is 0.243 e. The van der Waals surface area contributed by atoms with E-state index in [-0.39, 0.29) is 16.2 Å². The zero-order valence-corrected chi connectivity index (χ0v) is 19.7. The molecule has 1 amide bonds. The van der Waals surface area contributed by atoms with Gasteiger partial charge in [-0.05, 0) is 52.3 Å². The lowest BCUT2D eigenvalue weighted by atomic mass is 9.87. The van der Waals surface area contributed by atoms with E-state index in [9.17, 15) is 13.2 Å². The van der Waals surface area contributed by atoms with E-state index in [2.05, 4.69) is 38.2 Å². The molecule has 32 heavy (non-hydrogen) atoms. The van der Waals surface area contributed by atoms with Gasteiger partial charge < -0.3 is 5.32 Å². The molecule has 1 aliphatic heterocycles. The summed E-state index contributed by atoms with van der Waals surface area (Å²) in [4.78, 5) is 13.2. The molecule has 1 N–H and O–H groups in total. The number of rotatable bonds is 5. The summed E-state index contributed by atoms with van der Waals surface area (Å²) >= 11 is 0. The average Bonchev–Trinajstić information content (AvgIpc) is 3.28. The van der Waals surface area contributed by atoms with Gasteiger partial charge in [-0.2, -0.15) is 4.31 Å². The lowest BCUT2D eigenvalue weighted by Gasteiger charge is -2.24. The van der Waals surface area contributed by atoms with Crippen molar-refractivity contribution in [2.24, 2.45) is 0 Å². The fraction of sp³-hybridized carbons (Fsp3) is 0.346. The first-order valence-corrected chi connectivity index (χ1v) is 12.5. The van der Waals surface area contributed by atoms with Crippen LogP contribution in [0.2, 0.25) is 0 Å². The topological polar surface area (TPSA) is 66.5 Å². The molecule has 0 unspecified atom stereocenters. The molecule has 0 aliphatic carbocycles. The Morgan fingerprint density at radius 2 is 1.69 bits per heavy atom. The predicted octanol–water partition coefficient (Wildman–Crippen LogP) is 4.61. The minimum Gasteiger partial charge on any atom is -0.351 e. The minimum atomic E-state index is -3.76. The maximum atomic E-state index is 13.3. The molecule has 1 aliphatic rings. The number of fused-ring (bicyclic) bond motifs is 1. The standard InChI is InChI=1S/C26H30N2O3S/c1-26(2,3)22-13-10-19(11-14-22)18-27-25(29)24-9-6-16-28(24)32(30,31)23-15-12-20-7-4-5-8-21(20)17-23/h4-5,7-8,10-15,17,24H,6,9,16,18H2,1-3H3,(H,27,29)/t24-/m0/s1. The lowest BCUT2D eigenvalue weighted by molar-refractivity contribution is -0.124. The molecule has 168 valence electrons. The summed E-state index contributed by atoms with van der Waals surface area (Å²) in [5.74, 6) is -0.244. The molecule has 6 heteroatoms. The Labute approximate surface area is 190 Å². The van der Waals surface area contributed by atoms with Crippen molar-refractivity contribution in [2.75, 3.05) is 6.54 Å². The van der Waals surface area contributed by atoms with Crippen LogP contribution in [0.1, 0.15) is 44.7 Å². The molecule has 3 aromatic carbocycles. The molecule has 1 fully saturated rings. The monoisotopic (exact) mass is 450 g/mol. The van der Waals surface area contributed by atoms with E-state index in [1.54, 1.807) is 12.1 Å². The summed E-state index contributed by atoms with van der Waals surface area (Å²) in [7, 11) is -3.76. The average molecular weight is 451 g/mol. The summed E-state index contributed by atoms with van der Waals surface area (Å²) in [6.45, 7) is 7.22. The van der Waals surface area contributed by atoms with Gasteiger partial charge in [-0.1, -0.05) is 75.4 Å². The van der Waals surface area contributed by atoms with E-state index < -0.39 is 16.1 Å². The van der Waals surface area contributed by atoms with Gasteiger partial charge in [-0.25, -0.2) is 8.42 Å². The molecule has 1 saturated heterocycles. The highest BCUT2D eigenvalue weighted by Crippen LogP contribution is 2.28. The van der Waals surface area contributed by atoms with Gasteiger partial charge in [-0.15, -0.1) is 0 Å². The van der Waals surface area contributed by atoms with Crippen LogP contribution in [0.4, 0.5) is 0 Å². The van der Waals surface area contributed by atoms with Gasteiger partial charge in [-0.3, -0.25) is 4.79 Å². The molecule has 0 saturated carbocycles. The van der Waals surface area contributed by atoms with Crippen LogP contribution < -0.4 is 5.32 Å². The molecule has 5 nitrogen and oxygen atoms in total. The summed E-state index contributed by atoms with van der Waals surface area (Å²) in [6, 6.07) is 20.3. The highest BCUT2D eigenvalue weighted by Gasteiger charge is 2.39. The van der Waals surface area contributed by atoms with Crippen LogP contribution in [0.25, 0.3) is 10.8 Å². The quantitative estimate of drug-likeness (QED) is 0.617. The molecule has 1 atom stereocenters. The van der Waals surface area contributed by atoms with E-state index in [0.717, 1.165) is 16.3 Å². The van der Waals surface area contributed by atoms with Crippen molar-refractivity contribution in [3.8, 4) is 0 Å². The van der Waals surface area contributed by atoms with Gasteiger partial charge in [0.2, 0.25) is 15.9 Å². The SMILES string of the molecule is CC(C)(C)c1ccc(CNC(=O)[C@@H]2CCCN2S(=O)(=O)c2ccc3ccccc3c2)cc1. The van der Waals surface area contributed by atoms with Crippen molar-refractivity contribution in [1.82, 2.24) is 9.62 Å². The van der Waals surface area contributed by atoms with Crippen LogP contribution in [0.5, 0.6) is 0 Å². The summed E-state index contributed by atoms with van der Waals surface area (Å²) in [6.07, 6.45) is 1.20. The van der Waals surface area contributed by atoms with Crippen molar-refractivity contribution in [1.29, 1.82) is 0 Å². The third-order valence-electron chi connectivity index (χ3n) is 6.12. The second kappa shape index (κ2) is 8.68. The Bertz CT molecular complexity index is 1230. The number of carbonyl (C=O) groups excluding carboxylic acids is 1. The normalized spacial score (nSPS) is 17.5. The van der Waals surface area contributed by atoms with Crippen LogP contribution in [0.15, 0.2) is 71.6 Å². The molecule has 1 heterocycles. The third-order valence-corrected chi connectivity index (χ3v) is 8.02. The van der Waals surface area contributed by atoms with E-state index in [0.29, 0.717) is 25.9 Å². The Morgan fingerprint density at radius 3 is 2.38 bits per heavy atom. The van der Waals surface area contributed by atoms with E-state index >= 15 is 0 Å². The summed E-state index contributed by atoms with van der Waals surface area (Å²) in [5, 5.41) is 4.79. The fourth-order valence-corrected chi connectivity index (χ4v) is 5.88. The van der Waals surface area contributed by atoms with Gasteiger partial charge in [0.25, 0.3) is 0 Å². The van der Waals surface area contributed by atoms with Gasteiger partial charge in [0.15, 0.2) is 0 Å². The Hall–Kier alpha value is -2.70. The number of nitrogens with one attached hydrogen (secondary N) is 1. The summed E-state index contributed by atoms with van der Waals surface area (Å²) < 4.78 is 28.0. The number of benzene rings is 3. The molecule has 0 bridgehead atoms. The van der Waals surface area contributed by atoms with Gasteiger partial charge in [0.05, 0.1) is 4.90 Å². The maximum absolute atomic E-state index is 13.3. The lowest BCUT2D eigenvalue weighted by Crippen LogP contribution is -2.45. The third kappa shape index (κ3) is 4.57.